The quantitative estimate of drug-likeness (QED) is 0.611. The van der Waals surface area contributed by atoms with Crippen molar-refractivity contribution in [3.63, 3.8) is 0 Å². The highest BCUT2D eigenvalue weighted by atomic mass is 35.5. The minimum Gasteiger partial charge on any atom is -0.347 e. The number of anilines is 1. The molecule has 2 N–H and O–H groups in total. The number of hydrogen-bond donors (Lipinski definition) is 2. The summed E-state index contributed by atoms with van der Waals surface area (Å²) in [6.45, 7) is 0.158. The lowest BCUT2D eigenvalue weighted by Crippen LogP contribution is -2.24. The molecule has 29 heavy (non-hydrogen) atoms. The Hall–Kier alpha value is -2.84. The van der Waals surface area contributed by atoms with Crippen LogP contribution in [-0.2, 0) is 11.3 Å². The molecule has 0 saturated heterocycles. The summed E-state index contributed by atoms with van der Waals surface area (Å²) in [7, 11) is 0. The van der Waals surface area contributed by atoms with E-state index in [9.17, 15) is 14.0 Å². The summed E-state index contributed by atoms with van der Waals surface area (Å²) < 4.78 is 17.7. The van der Waals surface area contributed by atoms with Crippen LogP contribution in [0.2, 0.25) is 5.02 Å². The number of nitrogens with one attached hydrogen (secondary N) is 2. The van der Waals surface area contributed by atoms with E-state index >= 15 is 0 Å². The van der Waals surface area contributed by atoms with Crippen LogP contribution < -0.4 is 10.6 Å². The van der Waals surface area contributed by atoms with Gasteiger partial charge in [-0.2, -0.15) is 4.37 Å². The van der Waals surface area contributed by atoms with Gasteiger partial charge < -0.3 is 10.6 Å². The predicted molar refractivity (Wildman–Crippen MR) is 109 cm³/mol. The third kappa shape index (κ3) is 4.44. The van der Waals surface area contributed by atoms with Gasteiger partial charge in [-0.25, -0.2) is 4.39 Å². The first kappa shape index (κ1) is 19.5. The Labute approximate surface area is 175 Å². The molecule has 0 aliphatic heterocycles. The maximum atomic E-state index is 13.3. The number of carbonyl (C=O) groups excluding carboxylic acids is 2. The Morgan fingerprint density at radius 1 is 1.24 bits per heavy atom. The summed E-state index contributed by atoms with van der Waals surface area (Å²) in [5.41, 5.74) is 2.04. The molecule has 0 spiro atoms. The summed E-state index contributed by atoms with van der Waals surface area (Å²) in [5, 5.41) is 5.61. The summed E-state index contributed by atoms with van der Waals surface area (Å²) in [5.74, 6) is -1.06. The van der Waals surface area contributed by atoms with Crippen LogP contribution in [0.3, 0.4) is 0 Å². The van der Waals surface area contributed by atoms with Crippen LogP contribution in [0, 0.1) is 11.7 Å². The molecule has 2 aromatic heterocycles. The van der Waals surface area contributed by atoms with E-state index < -0.39 is 11.7 Å². The first-order valence-corrected chi connectivity index (χ1v) is 10.1. The molecular formula is C20H16ClFN4O2S. The Kier molecular flexibility index (Phi) is 5.55. The second-order valence-electron chi connectivity index (χ2n) is 6.64. The maximum Gasteiger partial charge on any atom is 0.265 e. The Morgan fingerprint density at radius 2 is 2.07 bits per heavy atom. The summed E-state index contributed by atoms with van der Waals surface area (Å²) in [6.07, 6.45) is 3.31. The minimum atomic E-state index is -0.519. The number of pyridine rings is 1. The van der Waals surface area contributed by atoms with Crippen molar-refractivity contribution < 1.29 is 14.0 Å². The summed E-state index contributed by atoms with van der Waals surface area (Å²) in [6, 6.07) is 9.61. The summed E-state index contributed by atoms with van der Waals surface area (Å²) >= 11 is 6.78. The van der Waals surface area contributed by atoms with Crippen molar-refractivity contribution in [3.8, 4) is 11.4 Å². The van der Waals surface area contributed by atoms with E-state index in [4.69, 9.17) is 11.6 Å². The number of hydrogen-bond acceptors (Lipinski definition) is 5. The fourth-order valence-electron chi connectivity index (χ4n) is 2.72. The number of aromatic nitrogens is 2. The first-order valence-electron chi connectivity index (χ1n) is 8.97. The van der Waals surface area contributed by atoms with E-state index in [2.05, 4.69) is 20.0 Å². The average molecular weight is 431 g/mol. The standard InChI is InChI=1S/C20H16ClFN4O2S/c21-13-9-11(4-7-14(13)22)10-24-20(28)18-17(25-19(27)12-5-6-12)16(26-29-18)15-3-1-2-8-23-15/h1-4,7-9,12H,5-6,10H2,(H,24,28)(H,25,27). The van der Waals surface area contributed by atoms with Crippen molar-refractivity contribution in [3.05, 3.63) is 63.9 Å². The topological polar surface area (TPSA) is 84.0 Å². The Morgan fingerprint density at radius 3 is 2.76 bits per heavy atom. The van der Waals surface area contributed by atoms with E-state index in [0.717, 1.165) is 24.4 Å². The minimum absolute atomic E-state index is 0.00985. The highest BCUT2D eigenvalue weighted by molar-refractivity contribution is 7.09. The highest BCUT2D eigenvalue weighted by Crippen LogP contribution is 2.35. The number of benzene rings is 1. The molecule has 6 nitrogen and oxygen atoms in total. The zero-order chi connectivity index (χ0) is 20.4. The number of nitrogens with zero attached hydrogens (tertiary/aromatic N) is 2. The van der Waals surface area contributed by atoms with Crippen molar-refractivity contribution in [1.29, 1.82) is 0 Å². The van der Waals surface area contributed by atoms with Crippen LogP contribution in [0.15, 0.2) is 42.6 Å². The molecule has 9 heteroatoms. The Balaban J connectivity index is 1.58. The van der Waals surface area contributed by atoms with Crippen LogP contribution in [0.25, 0.3) is 11.4 Å². The number of halogens is 2. The lowest BCUT2D eigenvalue weighted by molar-refractivity contribution is -0.117. The molecule has 0 bridgehead atoms. The van der Waals surface area contributed by atoms with E-state index in [0.29, 0.717) is 22.6 Å². The van der Waals surface area contributed by atoms with Crippen LogP contribution in [0.4, 0.5) is 10.1 Å². The molecule has 0 radical (unpaired) electrons. The van der Waals surface area contributed by atoms with E-state index in [1.54, 1.807) is 24.4 Å². The number of amides is 2. The fourth-order valence-corrected chi connectivity index (χ4v) is 3.69. The second-order valence-corrected chi connectivity index (χ2v) is 7.83. The highest BCUT2D eigenvalue weighted by Gasteiger charge is 2.32. The molecule has 0 unspecified atom stereocenters. The van der Waals surface area contributed by atoms with Crippen molar-refractivity contribution >= 4 is 40.6 Å². The third-order valence-electron chi connectivity index (χ3n) is 4.44. The van der Waals surface area contributed by atoms with Gasteiger partial charge >= 0.3 is 0 Å². The molecule has 1 fully saturated rings. The molecular weight excluding hydrogens is 415 g/mol. The van der Waals surface area contributed by atoms with Crippen molar-refractivity contribution in [2.75, 3.05) is 5.32 Å². The number of rotatable bonds is 6. The Bertz CT molecular complexity index is 1070. The zero-order valence-corrected chi connectivity index (χ0v) is 16.7. The molecule has 2 amide bonds. The van der Waals surface area contributed by atoms with Gasteiger partial charge in [-0.15, -0.1) is 0 Å². The SMILES string of the molecule is O=C(NCc1ccc(F)c(Cl)c1)c1snc(-c2ccccn2)c1NC(=O)C1CC1. The largest absolute Gasteiger partial charge is 0.347 e. The van der Waals surface area contributed by atoms with Gasteiger partial charge in [0.25, 0.3) is 5.91 Å². The van der Waals surface area contributed by atoms with Crippen LogP contribution in [0.5, 0.6) is 0 Å². The van der Waals surface area contributed by atoms with E-state index in [1.807, 2.05) is 6.07 Å². The van der Waals surface area contributed by atoms with Crippen LogP contribution >= 0.6 is 23.1 Å². The smallest absolute Gasteiger partial charge is 0.265 e. The van der Waals surface area contributed by atoms with Gasteiger partial charge in [0, 0.05) is 18.7 Å². The second kappa shape index (κ2) is 8.26. The molecule has 1 saturated carbocycles. The fraction of sp³-hybridized carbons (Fsp3) is 0.200. The van der Waals surface area contributed by atoms with E-state index in [1.165, 1.54) is 12.1 Å². The maximum absolute atomic E-state index is 13.3. The van der Waals surface area contributed by atoms with Gasteiger partial charge in [-0.3, -0.25) is 14.6 Å². The average Bonchev–Trinajstić information content (AvgIpc) is 3.50. The van der Waals surface area contributed by atoms with E-state index in [-0.39, 0.29) is 28.3 Å². The van der Waals surface area contributed by atoms with Crippen LogP contribution in [-0.4, -0.2) is 21.2 Å². The summed E-state index contributed by atoms with van der Waals surface area (Å²) in [4.78, 5) is 29.7. The van der Waals surface area contributed by atoms with Gasteiger partial charge in [0.2, 0.25) is 5.91 Å². The van der Waals surface area contributed by atoms with Gasteiger partial charge in [-0.05, 0) is 54.2 Å². The van der Waals surface area contributed by atoms with Crippen molar-refractivity contribution in [2.45, 2.75) is 19.4 Å². The zero-order valence-electron chi connectivity index (χ0n) is 15.1. The molecule has 148 valence electrons. The molecule has 0 atom stereocenters. The van der Waals surface area contributed by atoms with Crippen LogP contribution in [0.1, 0.15) is 28.1 Å². The van der Waals surface area contributed by atoms with Crippen molar-refractivity contribution in [2.24, 2.45) is 5.92 Å². The van der Waals surface area contributed by atoms with Crippen molar-refractivity contribution in [1.82, 2.24) is 14.7 Å². The third-order valence-corrected chi connectivity index (χ3v) is 5.57. The number of carbonyl (C=O) groups is 2. The normalized spacial score (nSPS) is 13.2. The van der Waals surface area contributed by atoms with Gasteiger partial charge in [0.1, 0.15) is 16.4 Å². The molecule has 4 rings (SSSR count). The monoisotopic (exact) mass is 430 g/mol. The van der Waals surface area contributed by atoms with Gasteiger partial charge in [-0.1, -0.05) is 23.7 Å². The molecule has 1 aliphatic rings. The lowest BCUT2D eigenvalue weighted by Gasteiger charge is -2.09. The predicted octanol–water partition coefficient (Wildman–Crippen LogP) is 4.28. The van der Waals surface area contributed by atoms with Gasteiger partial charge in [0.15, 0.2) is 0 Å². The molecule has 3 aromatic rings. The molecule has 1 aliphatic carbocycles. The molecule has 1 aromatic carbocycles. The van der Waals surface area contributed by atoms with Gasteiger partial charge in [0.05, 0.1) is 16.4 Å². The first-order chi connectivity index (χ1) is 14.0. The lowest BCUT2D eigenvalue weighted by atomic mass is 10.2. The molecule has 2 heterocycles.